The molecule has 142 valence electrons. The van der Waals surface area contributed by atoms with Crippen molar-refractivity contribution in [2.45, 2.75) is 46.2 Å². The highest BCUT2D eigenvalue weighted by Gasteiger charge is 2.35. The van der Waals surface area contributed by atoms with Crippen LogP contribution in [0, 0.1) is 5.41 Å². The molecule has 0 spiro atoms. The maximum Gasteiger partial charge on any atom is 0.173 e. The molecule has 0 aliphatic carbocycles. The Labute approximate surface area is 168 Å². The molecule has 0 saturated carbocycles. The number of aromatic nitrogens is 4. The Bertz CT molecular complexity index is 931. The molecule has 0 bridgehead atoms. The lowest BCUT2D eigenvalue weighted by molar-refractivity contribution is 0.319. The fourth-order valence-corrected chi connectivity index (χ4v) is 4.18. The van der Waals surface area contributed by atoms with Gasteiger partial charge in [-0.1, -0.05) is 26.8 Å². The van der Waals surface area contributed by atoms with Gasteiger partial charge in [0, 0.05) is 37.6 Å². The molecule has 27 heavy (non-hydrogen) atoms. The molecule has 1 aliphatic rings. The van der Waals surface area contributed by atoms with Gasteiger partial charge in [-0.3, -0.25) is 4.98 Å². The van der Waals surface area contributed by atoms with Crippen LogP contribution in [-0.2, 0) is 6.54 Å². The number of rotatable bonds is 4. The largest absolute Gasteiger partial charge is 0.366 e. The van der Waals surface area contributed by atoms with Crippen LogP contribution in [-0.4, -0.2) is 32.2 Å². The van der Waals surface area contributed by atoms with Crippen molar-refractivity contribution in [1.29, 1.82) is 0 Å². The van der Waals surface area contributed by atoms with E-state index in [1.165, 1.54) is 12.8 Å². The summed E-state index contributed by atoms with van der Waals surface area (Å²) in [6, 6.07) is 6.62. The van der Waals surface area contributed by atoms with Crippen molar-refractivity contribution >= 4 is 33.2 Å². The highest BCUT2D eigenvalue weighted by molar-refractivity contribution is 9.10. The van der Waals surface area contributed by atoms with Crippen LogP contribution in [0.15, 0.2) is 41.3 Å². The molecule has 1 saturated heterocycles. The van der Waals surface area contributed by atoms with Crippen molar-refractivity contribution in [3.05, 3.63) is 46.8 Å². The number of halogens is 1. The summed E-state index contributed by atoms with van der Waals surface area (Å²) < 4.78 is 2.76. The second-order valence-corrected chi connectivity index (χ2v) is 9.01. The van der Waals surface area contributed by atoms with Gasteiger partial charge >= 0.3 is 0 Å². The Morgan fingerprint density at radius 1 is 1.30 bits per heavy atom. The van der Waals surface area contributed by atoms with Crippen LogP contribution in [0.4, 0.5) is 11.6 Å². The minimum absolute atomic E-state index is 0.213. The van der Waals surface area contributed by atoms with Crippen molar-refractivity contribution in [3.63, 3.8) is 0 Å². The first-order valence-electron chi connectivity index (χ1n) is 9.37. The Hall–Kier alpha value is -2.15. The van der Waals surface area contributed by atoms with E-state index in [-0.39, 0.29) is 5.41 Å². The second kappa shape index (κ2) is 7.11. The molecule has 0 radical (unpaired) electrons. The third-order valence-corrected chi connectivity index (χ3v) is 5.72. The monoisotopic (exact) mass is 428 g/mol. The zero-order chi connectivity index (χ0) is 19.0. The summed E-state index contributed by atoms with van der Waals surface area (Å²) in [6.45, 7) is 8.66. The zero-order valence-corrected chi connectivity index (χ0v) is 17.6. The van der Waals surface area contributed by atoms with Crippen molar-refractivity contribution in [1.82, 2.24) is 19.6 Å². The van der Waals surface area contributed by atoms with Gasteiger partial charge in [0.2, 0.25) is 0 Å². The van der Waals surface area contributed by atoms with E-state index in [1.54, 1.807) is 12.4 Å². The third-order valence-electron chi connectivity index (χ3n) is 5.16. The molecule has 1 aliphatic heterocycles. The lowest BCUT2D eigenvalue weighted by Crippen LogP contribution is -2.40. The van der Waals surface area contributed by atoms with Gasteiger partial charge in [-0.25, -0.2) is 4.98 Å². The van der Waals surface area contributed by atoms with Crippen molar-refractivity contribution in [2.24, 2.45) is 5.41 Å². The SMILES string of the molecule is CC(C)(C)[C@@H]1CCCN1c1cc(NCc2cccnc2)n2ncc(Br)c2n1. The first-order chi connectivity index (χ1) is 12.9. The molecule has 1 fully saturated rings. The van der Waals surface area contributed by atoms with E-state index in [0.717, 1.165) is 33.9 Å². The summed E-state index contributed by atoms with van der Waals surface area (Å²) in [5.74, 6) is 1.94. The summed E-state index contributed by atoms with van der Waals surface area (Å²) in [5.41, 5.74) is 2.18. The van der Waals surface area contributed by atoms with E-state index in [4.69, 9.17) is 4.98 Å². The maximum atomic E-state index is 4.92. The number of fused-ring (bicyclic) bond motifs is 1. The summed E-state index contributed by atoms with van der Waals surface area (Å²) in [6.07, 6.45) is 7.87. The van der Waals surface area contributed by atoms with Crippen molar-refractivity contribution in [2.75, 3.05) is 16.8 Å². The van der Waals surface area contributed by atoms with E-state index in [1.807, 2.05) is 16.8 Å². The van der Waals surface area contributed by atoms with E-state index in [9.17, 15) is 0 Å². The molecule has 0 aromatic carbocycles. The fourth-order valence-electron chi connectivity index (χ4n) is 3.83. The molecule has 1 atom stereocenters. The van der Waals surface area contributed by atoms with Gasteiger partial charge in [0.15, 0.2) is 5.65 Å². The lowest BCUT2D eigenvalue weighted by atomic mass is 9.85. The fraction of sp³-hybridized carbons (Fsp3) is 0.450. The van der Waals surface area contributed by atoms with Crippen molar-refractivity contribution in [3.8, 4) is 0 Å². The lowest BCUT2D eigenvalue weighted by Gasteiger charge is -2.36. The van der Waals surface area contributed by atoms with Crippen molar-refractivity contribution < 1.29 is 0 Å². The van der Waals surface area contributed by atoms with Crippen LogP contribution in [0.5, 0.6) is 0 Å². The molecule has 0 amide bonds. The van der Waals surface area contributed by atoms with Gasteiger partial charge in [-0.2, -0.15) is 9.61 Å². The minimum atomic E-state index is 0.213. The predicted molar refractivity (Wildman–Crippen MR) is 112 cm³/mol. The molecule has 1 N–H and O–H groups in total. The van der Waals surface area contributed by atoms with E-state index in [0.29, 0.717) is 12.6 Å². The van der Waals surface area contributed by atoms with E-state index in [2.05, 4.69) is 69.1 Å². The average molecular weight is 429 g/mol. The Kier molecular flexibility index (Phi) is 4.80. The number of nitrogens with zero attached hydrogens (tertiary/aromatic N) is 5. The summed E-state index contributed by atoms with van der Waals surface area (Å²) in [7, 11) is 0. The highest BCUT2D eigenvalue weighted by atomic mass is 79.9. The molecular formula is C20H25BrN6. The van der Waals surface area contributed by atoms with Crippen LogP contribution in [0.2, 0.25) is 0 Å². The van der Waals surface area contributed by atoms with Gasteiger partial charge in [-0.15, -0.1) is 0 Å². The Morgan fingerprint density at radius 2 is 2.15 bits per heavy atom. The summed E-state index contributed by atoms with van der Waals surface area (Å²) in [4.78, 5) is 11.6. The van der Waals surface area contributed by atoms with E-state index < -0.39 is 0 Å². The van der Waals surface area contributed by atoms with Gasteiger partial charge in [0.25, 0.3) is 0 Å². The number of anilines is 2. The quantitative estimate of drug-likeness (QED) is 0.661. The smallest absolute Gasteiger partial charge is 0.173 e. The molecule has 3 aromatic rings. The molecule has 6 nitrogen and oxygen atoms in total. The first kappa shape index (κ1) is 18.2. The average Bonchev–Trinajstić information content (AvgIpc) is 3.28. The number of hydrogen-bond acceptors (Lipinski definition) is 5. The van der Waals surface area contributed by atoms with Crippen LogP contribution in [0.3, 0.4) is 0 Å². The number of nitrogens with one attached hydrogen (secondary N) is 1. The van der Waals surface area contributed by atoms with Gasteiger partial charge in [0.1, 0.15) is 11.6 Å². The minimum Gasteiger partial charge on any atom is -0.366 e. The van der Waals surface area contributed by atoms with Gasteiger partial charge in [0.05, 0.1) is 10.7 Å². The normalized spacial score (nSPS) is 17.6. The molecule has 3 aromatic heterocycles. The molecule has 0 unspecified atom stereocenters. The molecule has 4 rings (SSSR count). The maximum absolute atomic E-state index is 4.92. The number of hydrogen-bond donors (Lipinski definition) is 1. The second-order valence-electron chi connectivity index (χ2n) is 8.16. The third kappa shape index (κ3) is 3.65. The standard InChI is InChI=1S/C20H25BrN6/c1-20(2,3)16-7-5-9-26(16)18-10-17(23-12-14-6-4-8-22-11-14)27-19(25-18)15(21)13-24-27/h4,6,8,10-11,13,16,23H,5,7,9,12H2,1-3H3/t16-/m0/s1. The zero-order valence-electron chi connectivity index (χ0n) is 16.0. The number of pyridine rings is 1. The van der Waals surface area contributed by atoms with E-state index >= 15 is 0 Å². The summed E-state index contributed by atoms with van der Waals surface area (Å²) >= 11 is 3.59. The molecular weight excluding hydrogens is 404 g/mol. The topological polar surface area (TPSA) is 58.4 Å². The van der Waals surface area contributed by atoms with Crippen LogP contribution in [0.25, 0.3) is 5.65 Å². The van der Waals surface area contributed by atoms with Gasteiger partial charge in [-0.05, 0) is 45.8 Å². The van der Waals surface area contributed by atoms with Crippen LogP contribution < -0.4 is 10.2 Å². The van der Waals surface area contributed by atoms with Crippen LogP contribution >= 0.6 is 15.9 Å². The van der Waals surface area contributed by atoms with Crippen LogP contribution in [0.1, 0.15) is 39.2 Å². The first-order valence-corrected chi connectivity index (χ1v) is 10.2. The highest BCUT2D eigenvalue weighted by Crippen LogP contribution is 2.36. The molecule has 4 heterocycles. The van der Waals surface area contributed by atoms with Gasteiger partial charge < -0.3 is 10.2 Å². The Morgan fingerprint density at radius 3 is 2.89 bits per heavy atom. The molecule has 7 heteroatoms. The predicted octanol–water partition coefficient (Wildman–Crippen LogP) is 4.51. The Balaban J connectivity index is 1.71. The summed E-state index contributed by atoms with van der Waals surface area (Å²) in [5, 5.41) is 7.98.